The first-order valence-corrected chi connectivity index (χ1v) is 6.77. The van der Waals surface area contributed by atoms with Crippen LogP contribution >= 0.6 is 0 Å². The predicted molar refractivity (Wildman–Crippen MR) is 69.8 cm³/mol. The van der Waals surface area contributed by atoms with Crippen molar-refractivity contribution in [3.63, 3.8) is 0 Å². The number of carbonyl (C=O) groups excluding carboxylic acids is 1. The third-order valence-electron chi connectivity index (χ3n) is 4.23. The smallest absolute Gasteiger partial charge is 0.332 e. The van der Waals surface area contributed by atoms with Gasteiger partial charge in [0.05, 0.1) is 11.2 Å². The molecule has 1 aliphatic carbocycles. The molecule has 5 heteroatoms. The number of amides is 1. The van der Waals surface area contributed by atoms with Crippen LogP contribution in [-0.4, -0.2) is 44.7 Å². The van der Waals surface area contributed by atoms with Gasteiger partial charge in [0.15, 0.2) is 5.54 Å². The molecular formula is C14H23NO4. The molecule has 0 bridgehead atoms. The Hall–Kier alpha value is -1.10. The van der Waals surface area contributed by atoms with Crippen LogP contribution in [0, 0.1) is 0 Å². The van der Waals surface area contributed by atoms with E-state index in [4.69, 9.17) is 4.74 Å². The number of nitrogens with zero attached hydrogens (tertiary/aromatic N) is 1. The van der Waals surface area contributed by atoms with Gasteiger partial charge in [-0.05, 0) is 40.5 Å². The zero-order chi connectivity index (χ0) is 14.6. The Bertz CT molecular complexity index is 425. The van der Waals surface area contributed by atoms with Crippen molar-refractivity contribution in [2.24, 2.45) is 0 Å². The second-order valence-corrected chi connectivity index (χ2v) is 6.83. The minimum Gasteiger partial charge on any atom is -0.479 e. The second kappa shape index (κ2) is 3.95. The van der Waals surface area contributed by atoms with E-state index in [0.29, 0.717) is 6.42 Å². The lowest BCUT2D eigenvalue weighted by atomic mass is 9.77. The molecule has 1 saturated carbocycles. The summed E-state index contributed by atoms with van der Waals surface area (Å²) in [6, 6.07) is 0.0466. The van der Waals surface area contributed by atoms with E-state index in [1.54, 1.807) is 18.7 Å². The first-order valence-electron chi connectivity index (χ1n) is 6.77. The van der Waals surface area contributed by atoms with Crippen molar-refractivity contribution in [1.82, 2.24) is 4.90 Å². The Balaban J connectivity index is 2.54. The molecule has 1 amide bonds. The maximum Gasteiger partial charge on any atom is 0.332 e. The summed E-state index contributed by atoms with van der Waals surface area (Å²) in [5.74, 6) is -1.15. The van der Waals surface area contributed by atoms with Gasteiger partial charge in [-0.15, -0.1) is 0 Å². The fraction of sp³-hybridized carbons (Fsp3) is 0.857. The Morgan fingerprint density at radius 2 is 1.74 bits per heavy atom. The Kier molecular flexibility index (Phi) is 2.97. The average Bonchev–Trinajstić information content (AvgIpc) is 2.93. The zero-order valence-electron chi connectivity index (χ0n) is 12.3. The van der Waals surface area contributed by atoms with Crippen molar-refractivity contribution < 1.29 is 19.4 Å². The Morgan fingerprint density at radius 1 is 1.21 bits per heavy atom. The maximum atomic E-state index is 12.0. The lowest BCUT2D eigenvalue weighted by Gasteiger charge is -2.44. The summed E-state index contributed by atoms with van der Waals surface area (Å²) in [6.07, 6.45) is 2.08. The molecular weight excluding hydrogens is 246 g/mol. The van der Waals surface area contributed by atoms with E-state index in [0.717, 1.165) is 12.8 Å². The van der Waals surface area contributed by atoms with Crippen LogP contribution in [0.1, 0.15) is 53.9 Å². The number of carboxylic acids is 1. The van der Waals surface area contributed by atoms with Crippen molar-refractivity contribution in [1.29, 1.82) is 0 Å². The number of hydrogen-bond acceptors (Lipinski definition) is 3. The fourth-order valence-corrected chi connectivity index (χ4v) is 3.62. The number of aliphatic carboxylic acids is 1. The highest BCUT2D eigenvalue weighted by Gasteiger charge is 2.67. The van der Waals surface area contributed by atoms with Crippen molar-refractivity contribution in [3.05, 3.63) is 0 Å². The number of ether oxygens (including phenoxy) is 1. The van der Waals surface area contributed by atoms with E-state index in [9.17, 15) is 14.7 Å². The van der Waals surface area contributed by atoms with E-state index in [1.165, 1.54) is 6.92 Å². The molecule has 0 aromatic carbocycles. The predicted octanol–water partition coefficient (Wildman–Crippen LogP) is 1.80. The number of carbonyl (C=O) groups is 2. The van der Waals surface area contributed by atoms with Crippen molar-refractivity contribution >= 4 is 11.9 Å². The normalized spacial score (nSPS) is 32.1. The molecule has 2 aliphatic rings. The van der Waals surface area contributed by atoms with E-state index in [-0.39, 0.29) is 11.9 Å². The van der Waals surface area contributed by atoms with Gasteiger partial charge >= 0.3 is 5.97 Å². The van der Waals surface area contributed by atoms with Crippen LogP contribution in [0.3, 0.4) is 0 Å². The molecule has 2 rings (SSSR count). The molecule has 0 aromatic rings. The molecule has 0 aromatic heterocycles. The Morgan fingerprint density at radius 3 is 2.00 bits per heavy atom. The number of rotatable bonds is 3. The van der Waals surface area contributed by atoms with Gasteiger partial charge in [0.2, 0.25) is 5.91 Å². The zero-order valence-corrected chi connectivity index (χ0v) is 12.3. The third kappa shape index (κ3) is 2.04. The monoisotopic (exact) mass is 269 g/mol. The molecule has 5 nitrogen and oxygen atoms in total. The first-order chi connectivity index (χ1) is 8.53. The lowest BCUT2D eigenvalue weighted by molar-refractivity contribution is -0.173. The fourth-order valence-electron chi connectivity index (χ4n) is 3.62. The van der Waals surface area contributed by atoms with Crippen LogP contribution < -0.4 is 0 Å². The van der Waals surface area contributed by atoms with Crippen molar-refractivity contribution in [2.75, 3.05) is 0 Å². The van der Waals surface area contributed by atoms with Crippen LogP contribution in [0.15, 0.2) is 0 Å². The summed E-state index contributed by atoms with van der Waals surface area (Å²) in [5.41, 5.74) is -2.73. The van der Waals surface area contributed by atoms with Crippen molar-refractivity contribution in [3.8, 4) is 0 Å². The van der Waals surface area contributed by atoms with Gasteiger partial charge in [-0.2, -0.15) is 0 Å². The summed E-state index contributed by atoms with van der Waals surface area (Å²) >= 11 is 0. The van der Waals surface area contributed by atoms with Gasteiger partial charge in [-0.1, -0.05) is 0 Å². The van der Waals surface area contributed by atoms with Crippen LogP contribution in [-0.2, 0) is 14.3 Å². The van der Waals surface area contributed by atoms with Crippen LogP contribution in [0.25, 0.3) is 0 Å². The third-order valence-corrected chi connectivity index (χ3v) is 4.23. The number of hydrogen-bond donors (Lipinski definition) is 1. The molecule has 0 radical (unpaired) electrons. The maximum absolute atomic E-state index is 12.0. The second-order valence-electron chi connectivity index (χ2n) is 6.83. The highest BCUT2D eigenvalue weighted by Crippen LogP contribution is 2.51. The molecule has 0 spiro atoms. The molecule has 2 fully saturated rings. The minimum atomic E-state index is -1.27. The van der Waals surface area contributed by atoms with Crippen molar-refractivity contribution in [2.45, 2.75) is 76.7 Å². The van der Waals surface area contributed by atoms with Crippen LogP contribution in [0.5, 0.6) is 0 Å². The van der Waals surface area contributed by atoms with Gasteiger partial charge in [0, 0.05) is 19.4 Å². The average molecular weight is 269 g/mol. The molecule has 1 aliphatic heterocycles. The molecule has 19 heavy (non-hydrogen) atoms. The molecule has 1 saturated heterocycles. The largest absolute Gasteiger partial charge is 0.479 e. The topological polar surface area (TPSA) is 66.8 Å². The molecule has 1 atom stereocenters. The highest BCUT2D eigenvalue weighted by molar-refractivity contribution is 5.88. The van der Waals surface area contributed by atoms with Gasteiger partial charge in [0.25, 0.3) is 0 Å². The molecule has 1 unspecified atom stereocenters. The summed E-state index contributed by atoms with van der Waals surface area (Å²) in [6.45, 7) is 8.75. The van der Waals surface area contributed by atoms with E-state index in [1.807, 2.05) is 13.8 Å². The molecule has 1 heterocycles. The summed E-state index contributed by atoms with van der Waals surface area (Å²) < 4.78 is 5.95. The van der Waals surface area contributed by atoms with E-state index >= 15 is 0 Å². The summed E-state index contributed by atoms with van der Waals surface area (Å²) in [4.78, 5) is 25.6. The molecule has 108 valence electrons. The van der Waals surface area contributed by atoms with E-state index in [2.05, 4.69) is 0 Å². The van der Waals surface area contributed by atoms with Gasteiger partial charge in [0.1, 0.15) is 0 Å². The van der Waals surface area contributed by atoms with Gasteiger partial charge < -0.3 is 14.7 Å². The number of carboxylic acid groups (broad SMARTS) is 1. The van der Waals surface area contributed by atoms with E-state index < -0.39 is 22.7 Å². The SMILES string of the molecule is CC(=O)N(C1CC1)C1(C(=O)O)CC(C)(C)OC1(C)C. The van der Waals surface area contributed by atoms with Gasteiger partial charge in [-0.3, -0.25) is 4.79 Å². The van der Waals surface area contributed by atoms with Crippen LogP contribution in [0.4, 0.5) is 0 Å². The Labute approximate surface area is 113 Å². The minimum absolute atomic E-state index is 0.0466. The highest BCUT2D eigenvalue weighted by atomic mass is 16.5. The lowest BCUT2D eigenvalue weighted by Crippen LogP contribution is -2.66. The first kappa shape index (κ1) is 14.3. The standard InChI is InChI=1S/C14H23NO4/c1-9(16)15(10-6-7-10)14(11(17)18)8-12(2,3)19-13(14,4)5/h10H,6-8H2,1-5H3,(H,17,18). The van der Waals surface area contributed by atoms with Gasteiger partial charge in [-0.25, -0.2) is 4.79 Å². The summed E-state index contributed by atoms with van der Waals surface area (Å²) in [5, 5.41) is 9.85. The van der Waals surface area contributed by atoms with Crippen LogP contribution in [0.2, 0.25) is 0 Å². The molecule has 1 N–H and O–H groups in total. The summed E-state index contributed by atoms with van der Waals surface area (Å²) in [7, 11) is 0. The quantitative estimate of drug-likeness (QED) is 0.848.